The number of fused-ring (bicyclic) bond motifs is 8. The molecule has 0 saturated carbocycles. The zero-order valence-corrected chi connectivity index (χ0v) is 31.2. The molecule has 5 heterocycles. The van der Waals surface area contributed by atoms with E-state index in [1.807, 2.05) is 32.9 Å². The second kappa shape index (κ2) is 15.7. The summed E-state index contributed by atoms with van der Waals surface area (Å²) in [5.74, 6) is -1.74. The van der Waals surface area contributed by atoms with Crippen LogP contribution in [0.3, 0.4) is 0 Å². The van der Waals surface area contributed by atoms with Crippen molar-refractivity contribution in [2.24, 2.45) is 0 Å². The molecule has 2 atom stereocenters. The number of carbonyl (C=O) groups is 3. The zero-order chi connectivity index (χ0) is 37.0. The predicted octanol–water partition coefficient (Wildman–Crippen LogP) is 8.41. The van der Waals surface area contributed by atoms with Gasteiger partial charge in [0.1, 0.15) is 0 Å². The molecule has 0 unspecified atom stereocenters. The lowest BCUT2D eigenvalue weighted by atomic mass is 9.70. The highest BCUT2D eigenvalue weighted by atomic mass is 16.4. The van der Waals surface area contributed by atoms with E-state index in [2.05, 4.69) is 42.0 Å². The minimum atomic E-state index is -0.886. The molecule has 0 fully saturated rings. The molecule has 2 aliphatic heterocycles. The van der Waals surface area contributed by atoms with E-state index < -0.39 is 17.4 Å². The van der Waals surface area contributed by atoms with E-state index in [1.165, 1.54) is 19.3 Å². The molecule has 0 spiro atoms. The number of carbonyl (C=O) groups excluding carboxylic acids is 1. The van der Waals surface area contributed by atoms with E-state index in [1.54, 1.807) is 19.0 Å². The maximum atomic E-state index is 13.5. The summed E-state index contributed by atoms with van der Waals surface area (Å²) in [5, 5.41) is 19.2. The fourth-order valence-electron chi connectivity index (χ4n) is 7.63. The monoisotopic (exact) mass is 695 g/mol. The maximum absolute atomic E-state index is 13.5. The summed E-state index contributed by atoms with van der Waals surface area (Å²) in [6.07, 6.45) is 9.51. The van der Waals surface area contributed by atoms with Crippen LogP contribution in [-0.2, 0) is 32.6 Å². The molecular formula is C41H53N5O5. The maximum Gasteiger partial charge on any atom is 0.303 e. The average Bonchev–Trinajstić information content (AvgIpc) is 3.72. The third-order valence-corrected chi connectivity index (χ3v) is 10.8. The first-order chi connectivity index (χ1) is 24.2. The van der Waals surface area contributed by atoms with Crippen LogP contribution in [-0.4, -0.2) is 67.0 Å². The van der Waals surface area contributed by atoms with Crippen LogP contribution in [0, 0.1) is 13.8 Å². The zero-order valence-electron chi connectivity index (χ0n) is 31.2. The highest BCUT2D eigenvalue weighted by molar-refractivity contribution is 5.85. The molecule has 10 nitrogen and oxygen atoms in total. The fourth-order valence-corrected chi connectivity index (χ4v) is 7.63. The number of aliphatic carboxylic acids is 2. The Kier molecular flexibility index (Phi) is 11.5. The number of unbranched alkanes of at least 4 members (excludes halogenated alkanes) is 4. The first kappa shape index (κ1) is 37.5. The number of aryl methyl sites for hydroxylation is 4. The lowest BCUT2D eigenvalue weighted by molar-refractivity contribution is -0.138. The molecule has 8 bridgehead atoms. The molecule has 4 N–H and O–H groups in total. The summed E-state index contributed by atoms with van der Waals surface area (Å²) in [6, 6.07) is 8.12. The van der Waals surface area contributed by atoms with Crippen LogP contribution in [0.2, 0.25) is 0 Å². The first-order valence-corrected chi connectivity index (χ1v) is 18.3. The van der Waals surface area contributed by atoms with Gasteiger partial charge < -0.3 is 25.1 Å². The highest BCUT2D eigenvalue weighted by Gasteiger charge is 2.44. The SMILES string of the molecule is CCCCCCC[C@H]1c2cc3nc(cc4[nH]c(cc5[nH]c(cc(n2)[C@@]1(C)CC(=O)N(C)C)c(C)c5CCC(=O)O)c(CCC(=O)O)c4C)C=C3C. The van der Waals surface area contributed by atoms with Crippen molar-refractivity contribution >= 4 is 51.6 Å². The van der Waals surface area contributed by atoms with Gasteiger partial charge in [-0.15, -0.1) is 0 Å². The molecule has 0 aliphatic carbocycles. The number of hydrogen-bond acceptors (Lipinski definition) is 5. The van der Waals surface area contributed by atoms with E-state index in [0.717, 1.165) is 91.9 Å². The standard InChI is InChI=1S/C41H53N5O5/c1-8-9-10-11-12-13-30-36-20-31-24(2)18-27(42-31)19-32-25(3)28(14-16-39(48)49)34(43-32)21-35-29(15-17-40(50)51)26(4)33(44-35)22-37(45-36)41(30,5)23-38(47)46(6)7/h18-22,30,43-44H,8-17,23H2,1-7H3,(H,48,49)(H,50,51)/t30-,41-/m0/s1. The number of allylic oxidation sites excluding steroid dienone is 1. The minimum absolute atomic E-state index is 0.00847. The van der Waals surface area contributed by atoms with Gasteiger partial charge in [0.05, 0.1) is 11.4 Å². The topological polar surface area (TPSA) is 152 Å². The van der Waals surface area contributed by atoms with Gasteiger partial charge in [0.25, 0.3) is 0 Å². The molecule has 2 aliphatic rings. The van der Waals surface area contributed by atoms with Crippen LogP contribution in [0.4, 0.5) is 0 Å². The number of hydrogen-bond donors (Lipinski definition) is 4. The fraction of sp³-hybridized carbons (Fsp3) is 0.488. The van der Waals surface area contributed by atoms with Gasteiger partial charge in [0.2, 0.25) is 5.91 Å². The Hall–Kier alpha value is -4.73. The van der Waals surface area contributed by atoms with Gasteiger partial charge in [-0.2, -0.15) is 0 Å². The van der Waals surface area contributed by atoms with Gasteiger partial charge in [-0.3, -0.25) is 19.4 Å². The summed E-state index contributed by atoms with van der Waals surface area (Å²) in [4.78, 5) is 56.1. The Morgan fingerprint density at radius 1 is 0.804 bits per heavy atom. The van der Waals surface area contributed by atoms with E-state index in [4.69, 9.17) is 9.97 Å². The Bertz CT molecular complexity index is 2020. The lowest BCUT2D eigenvalue weighted by Crippen LogP contribution is -2.34. The van der Waals surface area contributed by atoms with E-state index in [0.29, 0.717) is 19.3 Å². The smallest absolute Gasteiger partial charge is 0.303 e. The number of carboxylic acid groups (broad SMARTS) is 2. The first-order valence-electron chi connectivity index (χ1n) is 18.3. The number of aromatic nitrogens is 4. The molecular weight excluding hydrogens is 642 g/mol. The second-order valence-corrected chi connectivity index (χ2v) is 14.8. The normalized spacial score (nSPS) is 17.0. The Morgan fingerprint density at radius 3 is 1.96 bits per heavy atom. The molecule has 272 valence electrons. The molecule has 3 aromatic heterocycles. The molecule has 51 heavy (non-hydrogen) atoms. The van der Waals surface area contributed by atoms with E-state index >= 15 is 0 Å². The average molecular weight is 696 g/mol. The van der Waals surface area contributed by atoms with Gasteiger partial charge in [-0.05, 0) is 98.2 Å². The molecule has 0 saturated heterocycles. The summed E-state index contributed by atoms with van der Waals surface area (Å²) in [5.41, 5.74) is 10.6. The Morgan fingerprint density at radius 2 is 1.39 bits per heavy atom. The molecule has 3 aromatic rings. The van der Waals surface area contributed by atoms with Crippen molar-refractivity contribution in [3.05, 3.63) is 69.3 Å². The Labute approximate surface area is 300 Å². The van der Waals surface area contributed by atoms with E-state index in [-0.39, 0.29) is 24.7 Å². The third kappa shape index (κ3) is 8.26. The predicted molar refractivity (Wildman–Crippen MR) is 203 cm³/mol. The number of carboxylic acids is 2. The number of nitrogens with zero attached hydrogens (tertiary/aromatic N) is 3. The van der Waals surface area contributed by atoms with Gasteiger partial charge in [-0.1, -0.05) is 46.0 Å². The summed E-state index contributed by atoms with van der Waals surface area (Å²) in [6.45, 7) is 10.4. The van der Waals surface area contributed by atoms with Crippen molar-refractivity contribution in [1.82, 2.24) is 24.8 Å². The number of rotatable bonds is 14. The van der Waals surface area contributed by atoms with Gasteiger partial charge in [0, 0.05) is 78.1 Å². The van der Waals surface area contributed by atoms with Gasteiger partial charge in [0.15, 0.2) is 0 Å². The van der Waals surface area contributed by atoms with Crippen LogP contribution in [0.25, 0.3) is 33.7 Å². The van der Waals surface area contributed by atoms with Gasteiger partial charge in [-0.25, -0.2) is 4.98 Å². The lowest BCUT2D eigenvalue weighted by Gasteiger charge is -2.32. The van der Waals surface area contributed by atoms with Crippen molar-refractivity contribution in [2.75, 3.05) is 14.1 Å². The number of nitrogens with one attached hydrogen (secondary N) is 2. The van der Waals surface area contributed by atoms with Crippen molar-refractivity contribution in [3.63, 3.8) is 0 Å². The summed E-state index contributed by atoms with van der Waals surface area (Å²) < 4.78 is 0. The number of aromatic amines is 2. The summed E-state index contributed by atoms with van der Waals surface area (Å²) in [7, 11) is 3.58. The van der Waals surface area contributed by atoms with Crippen molar-refractivity contribution < 1.29 is 24.6 Å². The van der Waals surface area contributed by atoms with Crippen LogP contribution in [0.1, 0.15) is 130 Å². The van der Waals surface area contributed by atoms with Gasteiger partial charge >= 0.3 is 11.9 Å². The molecule has 5 rings (SSSR count). The number of H-pyrrole nitrogens is 2. The molecule has 10 heteroatoms. The van der Waals surface area contributed by atoms with Crippen molar-refractivity contribution in [2.45, 2.75) is 117 Å². The molecule has 1 amide bonds. The largest absolute Gasteiger partial charge is 0.481 e. The summed E-state index contributed by atoms with van der Waals surface area (Å²) >= 11 is 0. The second-order valence-electron chi connectivity index (χ2n) is 14.8. The van der Waals surface area contributed by atoms with Crippen molar-refractivity contribution in [1.29, 1.82) is 0 Å². The van der Waals surface area contributed by atoms with Crippen LogP contribution >= 0.6 is 0 Å². The number of amides is 1. The molecule has 0 aromatic carbocycles. The van der Waals surface area contributed by atoms with E-state index in [9.17, 15) is 24.6 Å². The van der Waals surface area contributed by atoms with Crippen LogP contribution < -0.4 is 0 Å². The highest BCUT2D eigenvalue weighted by Crippen LogP contribution is 2.48. The third-order valence-electron chi connectivity index (χ3n) is 10.8. The molecule has 0 radical (unpaired) electrons. The minimum Gasteiger partial charge on any atom is -0.481 e. The Balaban J connectivity index is 1.85. The van der Waals surface area contributed by atoms with Crippen LogP contribution in [0.5, 0.6) is 0 Å². The quantitative estimate of drug-likeness (QED) is 0.124. The van der Waals surface area contributed by atoms with Crippen molar-refractivity contribution in [3.8, 4) is 0 Å². The van der Waals surface area contributed by atoms with Crippen LogP contribution in [0.15, 0.2) is 24.3 Å².